The van der Waals surface area contributed by atoms with E-state index in [0.717, 1.165) is 51.9 Å². The van der Waals surface area contributed by atoms with Crippen LogP contribution < -0.4 is 10.6 Å². The summed E-state index contributed by atoms with van der Waals surface area (Å²) in [6.45, 7) is 1.59. The van der Waals surface area contributed by atoms with Crippen LogP contribution in [0.15, 0.2) is 12.2 Å². The molecule has 1 unspecified atom stereocenters. The Bertz CT molecular complexity index is 1830. The Morgan fingerprint density at radius 3 is 1.30 bits per heavy atom. The molecule has 15 N–H and O–H groups in total. The largest absolute Gasteiger partial charge is 0.394 e. The Labute approximate surface area is 515 Å². The zero-order valence-electron chi connectivity index (χ0n) is 52.1. The van der Waals surface area contributed by atoms with Crippen LogP contribution >= 0.6 is 0 Å². The Morgan fingerprint density at radius 2 is 0.828 bits per heavy atom. The van der Waals surface area contributed by atoms with Crippen molar-refractivity contribution in [2.24, 2.45) is 0 Å². The molecule has 4 rings (SSSR count). The summed E-state index contributed by atoms with van der Waals surface area (Å²) < 4.78 is 46.7. The molecule has 0 radical (unpaired) electrons. The highest BCUT2D eigenvalue weighted by molar-refractivity contribution is 5.76. The molecule has 4 heterocycles. The Kier molecular flexibility index (Phi) is 38.8. The Hall–Kier alpha value is -2.16. The van der Waals surface area contributed by atoms with E-state index in [2.05, 4.69) is 24.5 Å². The minimum atomic E-state index is -2.10. The monoisotopic (exact) mass is 1250 g/mol. The quantitative estimate of drug-likeness (QED) is 0.0305. The highest BCUT2D eigenvalue weighted by Gasteiger charge is 2.56. The predicted octanol–water partition coefficient (Wildman–Crippen LogP) is 1.78. The molecule has 4 fully saturated rings. The van der Waals surface area contributed by atoms with E-state index in [-0.39, 0.29) is 12.3 Å². The van der Waals surface area contributed by atoms with E-state index in [1.165, 1.54) is 116 Å². The Morgan fingerprint density at radius 1 is 0.448 bits per heavy atom. The SMILES string of the molecule is CCCCCCCCCCCCCC=C[C@@H](O)[C@H](CO[C@@H]1O[C@H](CO)[C@@H](O[C@@H]2O[C@H](CO)[C@H](O[C@@H]3O[C@H](CO)[C@H](O)[C@H](O[C@@H]4O[C@H](CO)[C@H](O)[C@H](O)[C@H]4O)[C@H]3NC(C)=O)[C@H](O)[C@H]2O)[C@H](O)C1O)NC(=O)CCCCCCCCCCCCCCCCC. The minimum Gasteiger partial charge on any atom is -0.394 e. The fraction of sp³-hybridized carbons (Fsp3) is 0.935. The zero-order valence-corrected chi connectivity index (χ0v) is 52.1. The third-order valence-electron chi connectivity index (χ3n) is 17.1. The lowest BCUT2D eigenvalue weighted by molar-refractivity contribution is -0.380. The van der Waals surface area contributed by atoms with Gasteiger partial charge in [0.05, 0.1) is 45.2 Å². The normalized spacial score (nSPS) is 33.8. The van der Waals surface area contributed by atoms with Crippen molar-refractivity contribution in [3.05, 3.63) is 12.2 Å². The van der Waals surface area contributed by atoms with E-state index in [0.29, 0.717) is 12.8 Å². The second-order valence-electron chi connectivity index (χ2n) is 24.3. The van der Waals surface area contributed by atoms with Crippen LogP contribution in [0.2, 0.25) is 0 Å². The summed E-state index contributed by atoms with van der Waals surface area (Å²) >= 11 is 0. The molecule has 2 amide bonds. The molecule has 4 saturated heterocycles. The van der Waals surface area contributed by atoms with Gasteiger partial charge in [-0.3, -0.25) is 9.59 Å². The smallest absolute Gasteiger partial charge is 0.220 e. The van der Waals surface area contributed by atoms with Gasteiger partial charge in [-0.25, -0.2) is 0 Å². The number of aliphatic hydroxyl groups is 13. The fourth-order valence-electron chi connectivity index (χ4n) is 11.7. The van der Waals surface area contributed by atoms with Crippen molar-refractivity contribution >= 4 is 11.8 Å². The molecule has 22 atom stereocenters. The molecule has 510 valence electrons. The van der Waals surface area contributed by atoms with Gasteiger partial charge in [0.1, 0.15) is 97.6 Å². The number of nitrogens with one attached hydrogen (secondary N) is 2. The number of rotatable bonds is 45. The van der Waals surface area contributed by atoms with Gasteiger partial charge in [-0.2, -0.15) is 0 Å². The number of hydrogen-bond donors (Lipinski definition) is 15. The van der Waals surface area contributed by atoms with E-state index in [4.69, 9.17) is 37.9 Å². The summed E-state index contributed by atoms with van der Waals surface area (Å²) in [7, 11) is 0. The first kappa shape index (κ1) is 77.3. The third kappa shape index (κ3) is 26.0. The van der Waals surface area contributed by atoms with Crippen molar-refractivity contribution in [3.63, 3.8) is 0 Å². The molecular weight excluding hydrogens is 1140 g/mol. The molecule has 4 aliphatic rings. The number of amides is 2. The van der Waals surface area contributed by atoms with Crippen molar-refractivity contribution in [3.8, 4) is 0 Å². The summed E-state index contributed by atoms with van der Waals surface area (Å²) in [5.41, 5.74) is 0. The van der Waals surface area contributed by atoms with E-state index in [9.17, 15) is 76.0 Å². The number of ether oxygens (including phenoxy) is 8. The second-order valence-corrected chi connectivity index (χ2v) is 24.3. The van der Waals surface area contributed by atoms with Crippen molar-refractivity contribution in [1.29, 1.82) is 0 Å². The molecular formula is C62H114N2O23. The van der Waals surface area contributed by atoms with Crippen LogP contribution in [0.3, 0.4) is 0 Å². The van der Waals surface area contributed by atoms with Gasteiger partial charge < -0.3 is 115 Å². The molecule has 0 aliphatic carbocycles. The number of carbonyl (C=O) groups is 2. The first-order chi connectivity index (χ1) is 42.0. The first-order valence-corrected chi connectivity index (χ1v) is 32.9. The van der Waals surface area contributed by atoms with Gasteiger partial charge in [0.25, 0.3) is 0 Å². The molecule has 0 aromatic rings. The minimum absolute atomic E-state index is 0.217. The van der Waals surface area contributed by atoms with Gasteiger partial charge >= 0.3 is 0 Å². The van der Waals surface area contributed by atoms with Gasteiger partial charge in [-0.1, -0.05) is 180 Å². The maximum Gasteiger partial charge on any atom is 0.220 e. The van der Waals surface area contributed by atoms with Crippen molar-refractivity contribution in [2.75, 3.05) is 33.0 Å². The van der Waals surface area contributed by atoms with Crippen molar-refractivity contribution < 1.29 is 114 Å². The van der Waals surface area contributed by atoms with Crippen LogP contribution in [0.25, 0.3) is 0 Å². The highest BCUT2D eigenvalue weighted by atomic mass is 16.8. The maximum absolute atomic E-state index is 13.4. The van der Waals surface area contributed by atoms with Gasteiger partial charge in [0, 0.05) is 13.3 Å². The second kappa shape index (κ2) is 43.6. The topological polar surface area (TPSA) is 395 Å². The predicted molar refractivity (Wildman–Crippen MR) is 317 cm³/mol. The molecule has 25 nitrogen and oxygen atoms in total. The number of carbonyl (C=O) groups excluding carboxylic acids is 2. The number of allylic oxidation sites excluding steroid dienone is 1. The number of aliphatic hydroxyl groups excluding tert-OH is 13. The molecule has 0 bridgehead atoms. The van der Waals surface area contributed by atoms with Gasteiger partial charge in [-0.05, 0) is 19.3 Å². The summed E-state index contributed by atoms with van der Waals surface area (Å²) in [4.78, 5) is 26.0. The van der Waals surface area contributed by atoms with Crippen LogP contribution in [0.1, 0.15) is 201 Å². The van der Waals surface area contributed by atoms with E-state index >= 15 is 0 Å². The standard InChI is InChI=1S/C62H114N2O23/c1-4-6-8-10-12-14-16-18-19-21-23-25-27-29-31-33-46(71)64-40(41(70)32-30-28-26-24-22-20-17-15-13-11-9-7-5-2)38-80-60-54(78)51(75)57(44(36-67)83-60)86-62-55(79)52(76)56(45(37-68)84-62)85-59-47(63-39(3)69)58(49(73)43(35-66)81-59)87-61-53(77)50(74)48(72)42(34-65)82-61/h30,32,40-45,47-62,65-68,70,72-79H,4-29,31,33-38H2,1-3H3,(H,63,69)(H,64,71)/t40-,41+,42+,43+,44+,45+,47+,48-,49-,50-,51+,52+,53+,54?,55+,56-,57+,58+,59-,60+,61-,62-/m0/s1. The molecule has 0 saturated carbocycles. The van der Waals surface area contributed by atoms with E-state index in [1.807, 2.05) is 6.08 Å². The Balaban J connectivity index is 1.36. The molecule has 0 aromatic carbocycles. The molecule has 0 aromatic heterocycles. The number of unbranched alkanes of at least 4 members (excludes halogenated alkanes) is 25. The van der Waals surface area contributed by atoms with Crippen LogP contribution in [0, 0.1) is 0 Å². The summed E-state index contributed by atoms with van der Waals surface area (Å²) in [5, 5.41) is 147. The average molecular weight is 1260 g/mol. The first-order valence-electron chi connectivity index (χ1n) is 32.9. The fourth-order valence-corrected chi connectivity index (χ4v) is 11.7. The van der Waals surface area contributed by atoms with E-state index < -0.39 is 174 Å². The summed E-state index contributed by atoms with van der Waals surface area (Å²) in [6.07, 6.45) is 0.0598. The van der Waals surface area contributed by atoms with Gasteiger partial charge in [0.15, 0.2) is 25.2 Å². The van der Waals surface area contributed by atoms with Crippen LogP contribution in [0.4, 0.5) is 0 Å². The van der Waals surface area contributed by atoms with Crippen molar-refractivity contribution in [2.45, 2.75) is 335 Å². The van der Waals surface area contributed by atoms with Crippen molar-refractivity contribution in [1.82, 2.24) is 10.6 Å². The van der Waals surface area contributed by atoms with Crippen LogP contribution in [-0.4, -0.2) is 246 Å². The molecule has 25 heteroatoms. The lowest BCUT2D eigenvalue weighted by Gasteiger charge is -2.50. The molecule has 87 heavy (non-hydrogen) atoms. The molecule has 4 aliphatic heterocycles. The van der Waals surface area contributed by atoms with E-state index in [1.54, 1.807) is 6.08 Å². The number of hydrogen-bond acceptors (Lipinski definition) is 23. The summed E-state index contributed by atoms with van der Waals surface area (Å²) in [5.74, 6) is -1.06. The lowest BCUT2D eigenvalue weighted by atomic mass is 9.94. The van der Waals surface area contributed by atoms with Gasteiger partial charge in [0.2, 0.25) is 11.8 Å². The van der Waals surface area contributed by atoms with Gasteiger partial charge in [-0.15, -0.1) is 0 Å². The van der Waals surface area contributed by atoms with Crippen LogP contribution in [-0.2, 0) is 47.5 Å². The zero-order chi connectivity index (χ0) is 63.7. The summed E-state index contributed by atoms with van der Waals surface area (Å²) in [6, 6.07) is -2.62. The highest BCUT2D eigenvalue weighted by Crippen LogP contribution is 2.35. The lowest BCUT2D eigenvalue weighted by Crippen LogP contribution is -2.70. The third-order valence-corrected chi connectivity index (χ3v) is 17.1. The maximum atomic E-state index is 13.4. The van der Waals surface area contributed by atoms with Crippen LogP contribution in [0.5, 0.6) is 0 Å². The average Bonchev–Trinajstić information content (AvgIpc) is 3.37. The molecule has 0 spiro atoms.